The Labute approximate surface area is 299 Å². The van der Waals surface area contributed by atoms with E-state index in [9.17, 15) is 19.5 Å². The highest BCUT2D eigenvalue weighted by atomic mass is 16.6. The number of carbonyl (C=O) groups is 3. The van der Waals surface area contributed by atoms with Crippen molar-refractivity contribution in [2.45, 2.75) is 154 Å². The standard InChI is InChI=1S/C41H71NO7/c1-6-8-10-12-14-16-17-18-19-20-21-22-23-24-26-27-29-31-39(43)48-36-37(35-47-34-33-38(41(45)46)42(3,4)5)49-40(44)32-30-28-25-15-13-11-9-7-2/h14,16,18-19,21-22,24,26,37-38H,6-13,15,17,20,23,25,27-36H2,1-5H3/b16-14+,19-18+,22-21+,26-24+. The van der Waals surface area contributed by atoms with Gasteiger partial charge in [0.05, 0.1) is 40.3 Å². The molecule has 0 aliphatic heterocycles. The van der Waals surface area contributed by atoms with E-state index in [2.05, 4.69) is 62.5 Å². The molecular weight excluding hydrogens is 618 g/mol. The summed E-state index contributed by atoms with van der Waals surface area (Å²) in [5.41, 5.74) is 0. The largest absolute Gasteiger partial charge is 0.544 e. The fourth-order valence-electron chi connectivity index (χ4n) is 5.18. The zero-order chi connectivity index (χ0) is 36.4. The first-order chi connectivity index (χ1) is 23.6. The van der Waals surface area contributed by atoms with Crippen LogP contribution in [0, 0.1) is 0 Å². The van der Waals surface area contributed by atoms with E-state index in [1.165, 1.54) is 57.8 Å². The van der Waals surface area contributed by atoms with Gasteiger partial charge in [0.15, 0.2) is 6.10 Å². The van der Waals surface area contributed by atoms with Gasteiger partial charge < -0.3 is 28.6 Å². The third-order valence-corrected chi connectivity index (χ3v) is 8.22. The lowest BCUT2D eigenvalue weighted by molar-refractivity contribution is -0.889. The van der Waals surface area contributed by atoms with Gasteiger partial charge in [-0.15, -0.1) is 0 Å². The topological polar surface area (TPSA) is 102 Å². The number of likely N-dealkylation sites (N-methyl/N-ethyl adjacent to an activating group) is 1. The number of hydrogen-bond acceptors (Lipinski definition) is 7. The summed E-state index contributed by atoms with van der Waals surface area (Å²) in [4.78, 5) is 36.5. The average Bonchev–Trinajstić information content (AvgIpc) is 3.05. The monoisotopic (exact) mass is 690 g/mol. The lowest BCUT2D eigenvalue weighted by Gasteiger charge is -2.34. The Balaban J connectivity index is 4.46. The number of carboxylic acids is 1. The predicted octanol–water partition coefficient (Wildman–Crippen LogP) is 8.35. The van der Waals surface area contributed by atoms with Crippen molar-refractivity contribution in [3.8, 4) is 0 Å². The Bertz CT molecular complexity index is 948. The number of aliphatic carboxylic acids is 1. The molecule has 0 fully saturated rings. The molecule has 49 heavy (non-hydrogen) atoms. The van der Waals surface area contributed by atoms with Crippen molar-refractivity contribution in [1.82, 2.24) is 0 Å². The molecule has 282 valence electrons. The molecule has 0 saturated carbocycles. The van der Waals surface area contributed by atoms with Gasteiger partial charge in [-0.05, 0) is 51.4 Å². The second-order valence-corrected chi connectivity index (χ2v) is 13.8. The quantitative estimate of drug-likeness (QED) is 0.0295. The molecule has 0 aliphatic carbocycles. The van der Waals surface area contributed by atoms with Crippen LogP contribution in [0.25, 0.3) is 0 Å². The van der Waals surface area contributed by atoms with Crippen LogP contribution in [0.4, 0.5) is 0 Å². The number of carboxylic acid groups (broad SMARTS) is 1. The van der Waals surface area contributed by atoms with E-state index in [1.807, 2.05) is 0 Å². The molecule has 0 N–H and O–H groups in total. The van der Waals surface area contributed by atoms with Crippen LogP contribution in [0.2, 0.25) is 0 Å². The molecule has 8 nitrogen and oxygen atoms in total. The number of carbonyl (C=O) groups excluding carboxylic acids is 3. The number of esters is 2. The first-order valence-corrected chi connectivity index (χ1v) is 19.2. The van der Waals surface area contributed by atoms with E-state index in [0.29, 0.717) is 12.8 Å². The van der Waals surface area contributed by atoms with Crippen LogP contribution in [0.15, 0.2) is 48.6 Å². The van der Waals surface area contributed by atoms with Gasteiger partial charge in [0.25, 0.3) is 0 Å². The molecule has 0 saturated heterocycles. The highest BCUT2D eigenvalue weighted by Crippen LogP contribution is 2.12. The minimum atomic E-state index is -1.13. The molecule has 0 aromatic heterocycles. The summed E-state index contributed by atoms with van der Waals surface area (Å²) in [7, 11) is 5.37. The summed E-state index contributed by atoms with van der Waals surface area (Å²) in [6, 6.07) is -0.731. The minimum Gasteiger partial charge on any atom is -0.544 e. The summed E-state index contributed by atoms with van der Waals surface area (Å²) in [5.74, 6) is -1.82. The third-order valence-electron chi connectivity index (χ3n) is 8.22. The van der Waals surface area contributed by atoms with E-state index < -0.39 is 18.1 Å². The van der Waals surface area contributed by atoms with Crippen LogP contribution < -0.4 is 5.11 Å². The Morgan fingerprint density at radius 2 is 1.10 bits per heavy atom. The van der Waals surface area contributed by atoms with Crippen LogP contribution in [0.5, 0.6) is 0 Å². The van der Waals surface area contributed by atoms with Crippen molar-refractivity contribution in [3.63, 3.8) is 0 Å². The molecule has 0 spiro atoms. The Hall–Kier alpha value is -2.71. The van der Waals surface area contributed by atoms with Gasteiger partial charge >= 0.3 is 11.9 Å². The predicted molar refractivity (Wildman–Crippen MR) is 199 cm³/mol. The van der Waals surface area contributed by atoms with E-state index in [0.717, 1.165) is 44.9 Å². The van der Waals surface area contributed by atoms with Gasteiger partial charge in [-0.1, -0.05) is 120 Å². The van der Waals surface area contributed by atoms with Crippen molar-refractivity contribution in [2.75, 3.05) is 41.0 Å². The molecule has 2 atom stereocenters. The summed E-state index contributed by atoms with van der Waals surface area (Å²) >= 11 is 0. The van der Waals surface area contributed by atoms with E-state index in [1.54, 1.807) is 21.1 Å². The van der Waals surface area contributed by atoms with Gasteiger partial charge in [0.1, 0.15) is 12.6 Å². The molecule has 0 heterocycles. The normalized spacial score (nSPS) is 13.6. The van der Waals surface area contributed by atoms with Crippen molar-refractivity contribution in [2.24, 2.45) is 0 Å². The molecule has 0 aliphatic rings. The summed E-state index contributed by atoms with van der Waals surface area (Å²) in [6.45, 7) is 4.52. The zero-order valence-corrected chi connectivity index (χ0v) is 31.8. The lowest BCUT2D eigenvalue weighted by Crippen LogP contribution is -2.55. The fraction of sp³-hybridized carbons (Fsp3) is 0.732. The molecule has 0 rings (SSSR count). The van der Waals surface area contributed by atoms with Crippen molar-refractivity contribution in [1.29, 1.82) is 0 Å². The molecule has 0 radical (unpaired) electrons. The highest BCUT2D eigenvalue weighted by Gasteiger charge is 2.25. The summed E-state index contributed by atoms with van der Waals surface area (Å²) in [6.07, 6.45) is 35.8. The Kier molecular flexibility index (Phi) is 30.7. The number of hydrogen-bond donors (Lipinski definition) is 0. The highest BCUT2D eigenvalue weighted by molar-refractivity contribution is 5.70. The van der Waals surface area contributed by atoms with Crippen molar-refractivity contribution < 1.29 is 38.2 Å². The number of quaternary nitrogens is 1. The first kappa shape index (κ1) is 46.3. The van der Waals surface area contributed by atoms with Gasteiger partial charge in [0, 0.05) is 19.3 Å². The maximum absolute atomic E-state index is 12.6. The number of nitrogens with zero attached hydrogens (tertiary/aromatic N) is 1. The molecule has 0 aromatic rings. The minimum absolute atomic E-state index is 0.0234. The van der Waals surface area contributed by atoms with Gasteiger partial charge in [-0.3, -0.25) is 9.59 Å². The zero-order valence-electron chi connectivity index (χ0n) is 31.8. The molecule has 0 aromatic carbocycles. The molecule has 8 heteroatoms. The van der Waals surface area contributed by atoms with Crippen LogP contribution in [-0.2, 0) is 28.6 Å². The fourth-order valence-corrected chi connectivity index (χ4v) is 5.18. The van der Waals surface area contributed by atoms with Gasteiger partial charge in [-0.25, -0.2) is 0 Å². The number of allylic oxidation sites excluding steroid dienone is 8. The lowest BCUT2D eigenvalue weighted by atomic mass is 10.1. The Morgan fingerprint density at radius 1 is 0.612 bits per heavy atom. The van der Waals surface area contributed by atoms with Gasteiger partial charge in [-0.2, -0.15) is 0 Å². The number of ether oxygens (including phenoxy) is 3. The molecule has 2 unspecified atom stereocenters. The van der Waals surface area contributed by atoms with Crippen molar-refractivity contribution >= 4 is 17.9 Å². The number of unbranched alkanes of at least 4 members (excludes halogenated alkanes) is 11. The Morgan fingerprint density at radius 3 is 1.65 bits per heavy atom. The summed E-state index contributed by atoms with van der Waals surface area (Å²) in [5, 5.41) is 11.6. The van der Waals surface area contributed by atoms with Crippen LogP contribution in [0.1, 0.15) is 142 Å². The molecular formula is C41H71NO7. The summed E-state index contributed by atoms with van der Waals surface area (Å²) < 4.78 is 17.0. The van der Waals surface area contributed by atoms with Crippen LogP contribution >= 0.6 is 0 Å². The van der Waals surface area contributed by atoms with E-state index in [-0.39, 0.29) is 49.1 Å². The molecule has 0 bridgehead atoms. The SMILES string of the molecule is CCCCC/C=C/C/C=C/C/C=C/C/C=C/CCCC(=O)OCC(COCCC(C(=O)[O-])[N+](C)(C)C)OC(=O)CCCCCCCCCC. The first-order valence-electron chi connectivity index (χ1n) is 19.2. The van der Waals surface area contributed by atoms with Crippen LogP contribution in [-0.4, -0.2) is 75.5 Å². The van der Waals surface area contributed by atoms with E-state index >= 15 is 0 Å². The van der Waals surface area contributed by atoms with E-state index in [4.69, 9.17) is 14.2 Å². The maximum Gasteiger partial charge on any atom is 0.306 e. The average molecular weight is 690 g/mol. The third kappa shape index (κ3) is 31.0. The maximum atomic E-state index is 12.6. The van der Waals surface area contributed by atoms with Gasteiger partial charge in [0.2, 0.25) is 0 Å². The second-order valence-electron chi connectivity index (χ2n) is 13.8. The van der Waals surface area contributed by atoms with Crippen LogP contribution in [0.3, 0.4) is 0 Å². The van der Waals surface area contributed by atoms with Crippen molar-refractivity contribution in [3.05, 3.63) is 48.6 Å². The smallest absolute Gasteiger partial charge is 0.306 e. The second kappa shape index (κ2) is 32.5. The molecule has 0 amide bonds. The number of rotatable bonds is 33.